The van der Waals surface area contributed by atoms with Gasteiger partial charge in [0.2, 0.25) is 0 Å². The number of amides is 1. The van der Waals surface area contributed by atoms with E-state index >= 15 is 0 Å². The van der Waals surface area contributed by atoms with Crippen molar-refractivity contribution < 1.29 is 14.3 Å². The lowest BCUT2D eigenvalue weighted by Gasteiger charge is -2.30. The van der Waals surface area contributed by atoms with Crippen molar-refractivity contribution in [1.29, 1.82) is 0 Å². The second-order valence-corrected chi connectivity index (χ2v) is 4.08. The van der Waals surface area contributed by atoms with Gasteiger partial charge in [-0.3, -0.25) is 4.79 Å². The van der Waals surface area contributed by atoms with Gasteiger partial charge in [-0.15, -0.1) is 0 Å². The lowest BCUT2D eigenvalue weighted by molar-refractivity contribution is 0.0620. The summed E-state index contributed by atoms with van der Waals surface area (Å²) in [6.07, 6.45) is 0. The van der Waals surface area contributed by atoms with Gasteiger partial charge in [0, 0.05) is 5.02 Å². The summed E-state index contributed by atoms with van der Waals surface area (Å²) < 4.78 is 10.1. The number of carbonyl (C=O) groups excluding carboxylic acids is 1. The van der Waals surface area contributed by atoms with E-state index in [1.54, 1.807) is 18.2 Å². The van der Waals surface area contributed by atoms with Crippen LogP contribution in [0.2, 0.25) is 5.02 Å². The Kier molecular flexibility index (Phi) is 3.24. The van der Waals surface area contributed by atoms with Crippen LogP contribution in [0.1, 0.15) is 10.4 Å². The van der Waals surface area contributed by atoms with Crippen molar-refractivity contribution in [3.8, 4) is 5.75 Å². The normalized spacial score (nSPS) is 18.0. The van der Waals surface area contributed by atoms with Gasteiger partial charge in [-0.05, 0) is 18.2 Å². The van der Waals surface area contributed by atoms with E-state index in [4.69, 9.17) is 21.1 Å². The molecule has 1 aliphatic heterocycles. The minimum atomic E-state index is -0.251. The van der Waals surface area contributed by atoms with E-state index in [9.17, 15) is 4.79 Å². The van der Waals surface area contributed by atoms with Crippen LogP contribution in [0.25, 0.3) is 0 Å². The topological polar surface area (TPSA) is 47.6 Å². The molecule has 1 amide bonds. The molecule has 0 unspecified atom stereocenters. The molecule has 1 heterocycles. The summed E-state index contributed by atoms with van der Waals surface area (Å²) in [5.74, 6) is 0.802. The van der Waals surface area contributed by atoms with Gasteiger partial charge >= 0.3 is 0 Å². The molecule has 0 bridgehead atoms. The van der Waals surface area contributed by atoms with E-state index in [-0.39, 0.29) is 11.9 Å². The van der Waals surface area contributed by atoms with Crippen LogP contribution < -0.4 is 10.1 Å². The third-order valence-electron chi connectivity index (χ3n) is 2.54. The van der Waals surface area contributed by atoms with Gasteiger partial charge in [-0.1, -0.05) is 18.2 Å². The Bertz CT molecular complexity index is 473. The Balaban J connectivity index is 2.17. The summed E-state index contributed by atoms with van der Waals surface area (Å²) in [7, 11) is 1.51. The molecule has 1 atom stereocenters. The van der Waals surface area contributed by atoms with Gasteiger partial charge in [-0.2, -0.15) is 0 Å². The molecule has 0 aliphatic carbocycles. The van der Waals surface area contributed by atoms with Crippen molar-refractivity contribution in [2.75, 3.05) is 13.7 Å². The molecule has 5 heteroatoms. The number of hydrogen-bond acceptors (Lipinski definition) is 3. The van der Waals surface area contributed by atoms with Crippen molar-refractivity contribution in [2.24, 2.45) is 0 Å². The monoisotopic (exact) mass is 253 g/mol. The van der Waals surface area contributed by atoms with Gasteiger partial charge in [0.05, 0.1) is 12.7 Å². The molecule has 1 saturated heterocycles. The van der Waals surface area contributed by atoms with Crippen LogP contribution in [0.15, 0.2) is 30.5 Å². The Morgan fingerprint density at radius 1 is 1.65 bits per heavy atom. The van der Waals surface area contributed by atoms with Crippen LogP contribution >= 0.6 is 11.6 Å². The second kappa shape index (κ2) is 4.67. The van der Waals surface area contributed by atoms with Crippen molar-refractivity contribution in [3.05, 3.63) is 41.1 Å². The summed E-state index contributed by atoms with van der Waals surface area (Å²) in [6.45, 7) is 4.11. The van der Waals surface area contributed by atoms with Crippen LogP contribution in [0.5, 0.6) is 5.75 Å². The van der Waals surface area contributed by atoms with Crippen molar-refractivity contribution in [1.82, 2.24) is 5.32 Å². The molecule has 1 N–H and O–H groups in total. The van der Waals surface area contributed by atoms with Crippen molar-refractivity contribution >= 4 is 17.5 Å². The zero-order valence-electron chi connectivity index (χ0n) is 9.33. The third-order valence-corrected chi connectivity index (χ3v) is 2.77. The first-order valence-electron chi connectivity index (χ1n) is 5.08. The van der Waals surface area contributed by atoms with E-state index in [1.807, 2.05) is 0 Å². The maximum atomic E-state index is 12.0. The molecular formula is C12H12ClNO3. The third kappa shape index (κ3) is 2.36. The predicted molar refractivity (Wildman–Crippen MR) is 64.4 cm³/mol. The lowest BCUT2D eigenvalue weighted by Crippen LogP contribution is -2.46. The molecule has 0 saturated carbocycles. The standard InChI is InChI=1S/C12H12ClNO3/c1-7-10(6-17-7)14-12(15)9-5-8(13)3-4-11(9)16-2/h3-5,10H,1,6H2,2H3,(H,14,15)/t10-/m0/s1. The summed E-state index contributed by atoms with van der Waals surface area (Å²) >= 11 is 5.85. The van der Waals surface area contributed by atoms with E-state index in [1.165, 1.54) is 7.11 Å². The first-order chi connectivity index (χ1) is 8.11. The Morgan fingerprint density at radius 2 is 2.41 bits per heavy atom. The highest BCUT2D eigenvalue weighted by molar-refractivity contribution is 6.31. The number of halogens is 1. The smallest absolute Gasteiger partial charge is 0.255 e. The second-order valence-electron chi connectivity index (χ2n) is 3.65. The van der Waals surface area contributed by atoms with Crippen LogP contribution in [0.3, 0.4) is 0 Å². The van der Waals surface area contributed by atoms with Gasteiger partial charge in [-0.25, -0.2) is 0 Å². The van der Waals surface area contributed by atoms with Crippen molar-refractivity contribution in [3.63, 3.8) is 0 Å². The molecule has 90 valence electrons. The number of hydrogen-bond donors (Lipinski definition) is 1. The Labute approximate surface area is 104 Å². The van der Waals surface area contributed by atoms with Crippen molar-refractivity contribution in [2.45, 2.75) is 6.04 Å². The van der Waals surface area contributed by atoms with Crippen LogP contribution in [0.4, 0.5) is 0 Å². The molecule has 17 heavy (non-hydrogen) atoms. The van der Waals surface area contributed by atoms with Gasteiger partial charge in [0.1, 0.15) is 24.2 Å². The maximum Gasteiger partial charge on any atom is 0.255 e. The number of methoxy groups -OCH3 is 1. The highest BCUT2D eigenvalue weighted by Gasteiger charge is 2.27. The maximum absolute atomic E-state index is 12.0. The molecule has 1 aromatic rings. The number of benzene rings is 1. The molecule has 0 aromatic heterocycles. The van der Waals surface area contributed by atoms with E-state index < -0.39 is 0 Å². The van der Waals surface area contributed by atoms with Gasteiger partial charge in [0.15, 0.2) is 0 Å². The fourth-order valence-electron chi connectivity index (χ4n) is 1.50. The average molecular weight is 254 g/mol. The minimum absolute atomic E-state index is 0.133. The molecule has 0 radical (unpaired) electrons. The fraction of sp³-hybridized carbons (Fsp3) is 0.250. The number of rotatable bonds is 3. The highest BCUT2D eigenvalue weighted by atomic mass is 35.5. The van der Waals surface area contributed by atoms with E-state index in [0.717, 1.165) is 0 Å². The SMILES string of the molecule is C=C1OC[C@@H]1NC(=O)c1cc(Cl)ccc1OC. The molecule has 1 fully saturated rings. The zero-order chi connectivity index (χ0) is 12.4. The van der Waals surface area contributed by atoms with Crippen LogP contribution in [-0.4, -0.2) is 25.7 Å². The molecule has 4 nitrogen and oxygen atoms in total. The first kappa shape index (κ1) is 11.8. The average Bonchev–Trinajstić information content (AvgIpc) is 2.33. The minimum Gasteiger partial charge on any atom is -0.496 e. The summed E-state index contributed by atoms with van der Waals surface area (Å²) in [4.78, 5) is 12.0. The van der Waals surface area contributed by atoms with Crippen LogP contribution in [-0.2, 0) is 4.74 Å². The summed E-state index contributed by atoms with van der Waals surface area (Å²) in [5, 5.41) is 3.27. The zero-order valence-corrected chi connectivity index (χ0v) is 10.1. The Hall–Kier alpha value is -1.68. The quantitative estimate of drug-likeness (QED) is 0.896. The predicted octanol–water partition coefficient (Wildman–Crippen LogP) is 1.99. The number of ether oxygens (including phenoxy) is 2. The lowest BCUT2D eigenvalue weighted by atomic mass is 10.1. The number of nitrogens with one attached hydrogen (secondary N) is 1. The summed E-state index contributed by atoms with van der Waals surface area (Å²) in [5.41, 5.74) is 0.403. The van der Waals surface area contributed by atoms with E-state index in [2.05, 4.69) is 11.9 Å². The number of carbonyl (C=O) groups is 1. The molecule has 1 aromatic carbocycles. The molecular weight excluding hydrogens is 242 g/mol. The van der Waals surface area contributed by atoms with Crippen LogP contribution in [0, 0.1) is 0 Å². The first-order valence-corrected chi connectivity index (χ1v) is 5.45. The van der Waals surface area contributed by atoms with Gasteiger partial charge < -0.3 is 14.8 Å². The fourth-order valence-corrected chi connectivity index (χ4v) is 1.67. The Morgan fingerprint density at radius 3 is 2.94 bits per heavy atom. The molecule has 2 rings (SSSR count). The van der Waals surface area contributed by atoms with E-state index in [0.29, 0.717) is 28.7 Å². The highest BCUT2D eigenvalue weighted by Crippen LogP contribution is 2.23. The molecule has 0 spiro atoms. The van der Waals surface area contributed by atoms with Gasteiger partial charge in [0.25, 0.3) is 5.91 Å². The summed E-state index contributed by atoms with van der Waals surface area (Å²) in [6, 6.07) is 4.76. The molecule has 1 aliphatic rings. The largest absolute Gasteiger partial charge is 0.496 e.